The molecule has 0 saturated carbocycles. The summed E-state index contributed by atoms with van der Waals surface area (Å²) in [6.07, 6.45) is 0. The Bertz CT molecular complexity index is 1280. The molecule has 162 valence electrons. The molecule has 9 heteroatoms. The fourth-order valence-electron chi connectivity index (χ4n) is 3.03. The summed E-state index contributed by atoms with van der Waals surface area (Å²) >= 11 is 25.8. The standard InChI is InChI=1S/C23H14Cl4N2O2S/c1-12-5-8-14(11-17(12)26)28-20-21(32-15-9-6-13(24)7-10-15)23(31)29(22(20)30)18-4-2-3-16(25)19(18)27/h2-11,28H,1H3. The molecular formula is C23H14Cl4N2O2S. The van der Waals surface area contributed by atoms with Crippen molar-refractivity contribution in [3.8, 4) is 0 Å². The zero-order valence-electron chi connectivity index (χ0n) is 16.5. The molecule has 1 aliphatic rings. The third-order valence-corrected chi connectivity index (χ3v) is 7.25. The lowest BCUT2D eigenvalue weighted by atomic mass is 10.2. The van der Waals surface area contributed by atoms with Crippen LogP contribution in [0.15, 0.2) is 76.2 Å². The molecule has 1 N–H and O–H groups in total. The summed E-state index contributed by atoms with van der Waals surface area (Å²) < 4.78 is 0. The Labute approximate surface area is 209 Å². The third kappa shape index (κ3) is 4.49. The number of thioether (sulfide) groups is 1. The molecule has 4 nitrogen and oxygen atoms in total. The Balaban J connectivity index is 1.78. The lowest BCUT2D eigenvalue weighted by Crippen LogP contribution is -2.32. The molecule has 0 bridgehead atoms. The van der Waals surface area contributed by atoms with Crippen LogP contribution in [0.5, 0.6) is 0 Å². The van der Waals surface area contributed by atoms with Gasteiger partial charge in [-0.25, -0.2) is 4.90 Å². The first-order valence-corrected chi connectivity index (χ1v) is 11.6. The minimum Gasteiger partial charge on any atom is -0.350 e. The highest BCUT2D eigenvalue weighted by molar-refractivity contribution is 8.04. The van der Waals surface area contributed by atoms with Crippen molar-refractivity contribution >= 4 is 81.4 Å². The van der Waals surface area contributed by atoms with E-state index in [9.17, 15) is 9.59 Å². The number of carbonyl (C=O) groups is 2. The second kappa shape index (κ2) is 9.38. The van der Waals surface area contributed by atoms with Gasteiger partial charge in [-0.1, -0.05) is 70.3 Å². The van der Waals surface area contributed by atoms with E-state index in [0.717, 1.165) is 27.1 Å². The van der Waals surface area contributed by atoms with Crippen molar-refractivity contribution in [2.24, 2.45) is 0 Å². The van der Waals surface area contributed by atoms with Gasteiger partial charge in [0.15, 0.2) is 0 Å². The van der Waals surface area contributed by atoms with Gasteiger partial charge in [-0.15, -0.1) is 0 Å². The van der Waals surface area contributed by atoms with Gasteiger partial charge in [0, 0.05) is 20.6 Å². The summed E-state index contributed by atoms with van der Waals surface area (Å²) in [6, 6.07) is 17.1. The van der Waals surface area contributed by atoms with E-state index in [2.05, 4.69) is 5.32 Å². The number of hydrogen-bond acceptors (Lipinski definition) is 4. The summed E-state index contributed by atoms with van der Waals surface area (Å²) in [5.41, 5.74) is 1.79. The predicted molar refractivity (Wildman–Crippen MR) is 133 cm³/mol. The van der Waals surface area contributed by atoms with Gasteiger partial charge < -0.3 is 5.32 Å². The minimum absolute atomic E-state index is 0.117. The third-order valence-electron chi connectivity index (χ3n) is 4.69. The number of anilines is 2. The molecular weight excluding hydrogens is 510 g/mol. The van der Waals surface area contributed by atoms with Crippen molar-refractivity contribution in [1.29, 1.82) is 0 Å². The van der Waals surface area contributed by atoms with Crippen molar-refractivity contribution in [2.45, 2.75) is 11.8 Å². The maximum atomic E-state index is 13.4. The highest BCUT2D eigenvalue weighted by Crippen LogP contribution is 2.41. The molecule has 0 atom stereocenters. The second-order valence-electron chi connectivity index (χ2n) is 6.87. The molecule has 0 unspecified atom stereocenters. The topological polar surface area (TPSA) is 49.4 Å². The molecule has 0 spiro atoms. The zero-order valence-corrected chi connectivity index (χ0v) is 20.3. The van der Waals surface area contributed by atoms with E-state index in [-0.39, 0.29) is 26.3 Å². The molecule has 4 rings (SSSR count). The maximum absolute atomic E-state index is 13.4. The smallest absolute Gasteiger partial charge is 0.283 e. The van der Waals surface area contributed by atoms with Crippen molar-refractivity contribution in [2.75, 3.05) is 10.2 Å². The van der Waals surface area contributed by atoms with Crippen LogP contribution in [0.4, 0.5) is 11.4 Å². The molecule has 0 aliphatic carbocycles. The number of amides is 2. The van der Waals surface area contributed by atoms with Crippen LogP contribution in [-0.2, 0) is 9.59 Å². The van der Waals surface area contributed by atoms with E-state index < -0.39 is 11.8 Å². The van der Waals surface area contributed by atoms with Gasteiger partial charge in [0.25, 0.3) is 11.8 Å². The van der Waals surface area contributed by atoms with E-state index in [0.29, 0.717) is 15.7 Å². The van der Waals surface area contributed by atoms with Gasteiger partial charge in [0.2, 0.25) is 0 Å². The van der Waals surface area contributed by atoms with Crippen LogP contribution in [0.1, 0.15) is 5.56 Å². The van der Waals surface area contributed by atoms with Gasteiger partial charge in [0.1, 0.15) is 10.6 Å². The number of benzene rings is 3. The number of nitrogens with zero attached hydrogens (tertiary/aromatic N) is 1. The normalized spacial score (nSPS) is 13.8. The van der Waals surface area contributed by atoms with E-state index in [4.69, 9.17) is 46.4 Å². The van der Waals surface area contributed by atoms with Crippen LogP contribution >= 0.6 is 58.2 Å². The van der Waals surface area contributed by atoms with E-state index in [1.165, 1.54) is 0 Å². The SMILES string of the molecule is Cc1ccc(NC2=C(Sc3ccc(Cl)cc3)C(=O)N(c3cccc(Cl)c3Cl)C2=O)cc1Cl. The van der Waals surface area contributed by atoms with Gasteiger partial charge in [-0.2, -0.15) is 0 Å². The van der Waals surface area contributed by atoms with Gasteiger partial charge in [-0.3, -0.25) is 9.59 Å². The van der Waals surface area contributed by atoms with Crippen molar-refractivity contribution in [3.63, 3.8) is 0 Å². The number of imide groups is 1. The van der Waals surface area contributed by atoms with Crippen LogP contribution < -0.4 is 10.2 Å². The molecule has 1 aliphatic heterocycles. The Morgan fingerprint density at radius 2 is 1.56 bits per heavy atom. The summed E-state index contributed by atoms with van der Waals surface area (Å²) in [5.74, 6) is -1.06. The number of nitrogens with one attached hydrogen (secondary N) is 1. The summed E-state index contributed by atoms with van der Waals surface area (Å²) in [7, 11) is 0. The Morgan fingerprint density at radius 1 is 0.844 bits per heavy atom. The molecule has 0 radical (unpaired) electrons. The summed E-state index contributed by atoms with van der Waals surface area (Å²) in [6.45, 7) is 1.88. The molecule has 0 saturated heterocycles. The Morgan fingerprint density at radius 3 is 2.25 bits per heavy atom. The van der Waals surface area contributed by atoms with Crippen LogP contribution in [0, 0.1) is 6.92 Å². The highest BCUT2D eigenvalue weighted by Gasteiger charge is 2.41. The lowest BCUT2D eigenvalue weighted by Gasteiger charge is -2.17. The van der Waals surface area contributed by atoms with Gasteiger partial charge in [-0.05, 0) is 61.0 Å². The van der Waals surface area contributed by atoms with Crippen molar-refractivity contribution < 1.29 is 9.59 Å². The molecule has 0 fully saturated rings. The predicted octanol–water partition coefficient (Wildman–Crippen LogP) is 7.60. The quantitative estimate of drug-likeness (QED) is 0.350. The Kier molecular flexibility index (Phi) is 6.75. The largest absolute Gasteiger partial charge is 0.350 e. The zero-order chi connectivity index (χ0) is 23.0. The average Bonchev–Trinajstić information content (AvgIpc) is 2.98. The molecule has 1 heterocycles. The highest BCUT2D eigenvalue weighted by atomic mass is 35.5. The second-order valence-corrected chi connectivity index (χ2v) is 9.58. The first-order valence-electron chi connectivity index (χ1n) is 9.30. The fraction of sp³-hybridized carbons (Fsp3) is 0.0435. The van der Waals surface area contributed by atoms with Crippen molar-refractivity contribution in [1.82, 2.24) is 0 Å². The van der Waals surface area contributed by atoms with E-state index >= 15 is 0 Å². The monoisotopic (exact) mass is 522 g/mol. The first kappa shape index (κ1) is 23.0. The minimum atomic E-state index is -0.549. The first-order chi connectivity index (χ1) is 15.3. The van der Waals surface area contributed by atoms with Crippen molar-refractivity contribution in [3.05, 3.63) is 96.9 Å². The fourth-order valence-corrected chi connectivity index (χ4v) is 4.65. The number of carbonyl (C=O) groups excluding carboxylic acids is 2. The summed E-state index contributed by atoms with van der Waals surface area (Å²) in [4.78, 5) is 28.8. The van der Waals surface area contributed by atoms with Crippen LogP contribution in [0.3, 0.4) is 0 Å². The van der Waals surface area contributed by atoms with E-state index in [1.807, 2.05) is 13.0 Å². The molecule has 3 aromatic carbocycles. The number of halogens is 4. The Hall–Kier alpha value is -2.15. The van der Waals surface area contributed by atoms with Gasteiger partial charge in [0.05, 0.1) is 15.7 Å². The maximum Gasteiger partial charge on any atom is 0.283 e. The van der Waals surface area contributed by atoms with Crippen LogP contribution in [0.25, 0.3) is 0 Å². The molecule has 0 aromatic heterocycles. The number of hydrogen-bond donors (Lipinski definition) is 1. The van der Waals surface area contributed by atoms with E-state index in [1.54, 1.807) is 54.6 Å². The van der Waals surface area contributed by atoms with Crippen LogP contribution in [0.2, 0.25) is 20.1 Å². The lowest BCUT2D eigenvalue weighted by molar-refractivity contribution is -0.120. The summed E-state index contributed by atoms with van der Waals surface area (Å²) in [5, 5.41) is 4.52. The average molecular weight is 524 g/mol. The van der Waals surface area contributed by atoms with Crippen LogP contribution in [-0.4, -0.2) is 11.8 Å². The van der Waals surface area contributed by atoms with Gasteiger partial charge >= 0.3 is 0 Å². The number of rotatable bonds is 5. The molecule has 2 amide bonds. The molecule has 3 aromatic rings. The number of aryl methyl sites for hydroxylation is 1. The molecule has 32 heavy (non-hydrogen) atoms.